The number of anilines is 1. The fourth-order valence-corrected chi connectivity index (χ4v) is 4.76. The Balaban J connectivity index is 1.13. The van der Waals surface area contributed by atoms with Crippen LogP contribution in [0.5, 0.6) is 11.5 Å². The second kappa shape index (κ2) is 7.75. The minimum atomic E-state index is -0.187. The van der Waals surface area contributed by atoms with Crippen LogP contribution in [-0.2, 0) is 14.4 Å². The molecule has 0 aromatic heterocycles. The molecule has 3 heterocycles. The van der Waals surface area contributed by atoms with Gasteiger partial charge in [0.25, 0.3) is 0 Å². The lowest BCUT2D eigenvalue weighted by molar-refractivity contribution is -0.143. The molecule has 2 unspecified atom stereocenters. The van der Waals surface area contributed by atoms with Crippen LogP contribution >= 0.6 is 0 Å². The van der Waals surface area contributed by atoms with Crippen LogP contribution in [0.1, 0.15) is 25.7 Å². The molecule has 0 bridgehead atoms. The lowest BCUT2D eigenvalue weighted by Gasteiger charge is -2.33. The number of fused-ring (bicyclic) bond motifs is 2. The van der Waals surface area contributed by atoms with E-state index in [4.69, 9.17) is 9.47 Å². The summed E-state index contributed by atoms with van der Waals surface area (Å²) < 4.78 is 10.6. The zero-order valence-electron chi connectivity index (χ0n) is 16.7. The molecular weight excluding hydrogens is 386 g/mol. The van der Waals surface area contributed by atoms with Crippen molar-refractivity contribution in [1.82, 2.24) is 9.80 Å². The van der Waals surface area contributed by atoms with E-state index < -0.39 is 0 Å². The van der Waals surface area contributed by atoms with Crippen molar-refractivity contribution in [2.75, 3.05) is 31.9 Å². The summed E-state index contributed by atoms with van der Waals surface area (Å²) in [5.74, 6) is 0.748. The second-order valence-electron chi connectivity index (χ2n) is 8.35. The van der Waals surface area contributed by atoms with Gasteiger partial charge >= 0.3 is 0 Å². The van der Waals surface area contributed by atoms with Crippen molar-refractivity contribution in [2.24, 2.45) is 17.8 Å². The fraction of sp³-hybridized carbons (Fsp3) is 0.500. The Morgan fingerprint density at radius 1 is 1.00 bits per heavy atom. The molecule has 2 atom stereocenters. The van der Waals surface area contributed by atoms with Gasteiger partial charge in [0.2, 0.25) is 24.5 Å². The van der Waals surface area contributed by atoms with E-state index >= 15 is 0 Å². The highest BCUT2D eigenvalue weighted by atomic mass is 16.7. The number of piperidine rings is 1. The second-order valence-corrected chi connectivity index (χ2v) is 8.35. The molecule has 1 aliphatic carbocycles. The number of nitrogens with one attached hydrogen (secondary N) is 1. The first-order chi connectivity index (χ1) is 14.6. The molecule has 5 rings (SSSR count). The molecule has 4 aliphatic rings. The van der Waals surface area contributed by atoms with Gasteiger partial charge in [-0.3, -0.25) is 24.2 Å². The first kappa shape index (κ1) is 19.1. The molecule has 3 amide bonds. The molecule has 30 heavy (non-hydrogen) atoms. The van der Waals surface area contributed by atoms with Crippen molar-refractivity contribution in [3.05, 3.63) is 30.4 Å². The molecular formula is C22H25N3O5. The summed E-state index contributed by atoms with van der Waals surface area (Å²) in [5, 5.41) is 2.96. The van der Waals surface area contributed by atoms with Crippen LogP contribution < -0.4 is 14.8 Å². The van der Waals surface area contributed by atoms with Gasteiger partial charge in [0, 0.05) is 30.8 Å². The summed E-state index contributed by atoms with van der Waals surface area (Å²) >= 11 is 0. The number of carbonyl (C=O) groups is 3. The van der Waals surface area contributed by atoms with Crippen LogP contribution in [0.3, 0.4) is 0 Å². The van der Waals surface area contributed by atoms with E-state index in [0.717, 1.165) is 0 Å². The SMILES string of the molecule is O=C(Nc1ccc2c(c1)OCO2)C1CCN(CN2C(=O)C3CC=CCC3C2=O)CC1. The third-order valence-electron chi connectivity index (χ3n) is 6.54. The summed E-state index contributed by atoms with van der Waals surface area (Å²) in [4.78, 5) is 41.5. The van der Waals surface area contributed by atoms with E-state index in [1.54, 1.807) is 18.2 Å². The number of benzene rings is 1. The average molecular weight is 411 g/mol. The summed E-state index contributed by atoms with van der Waals surface area (Å²) in [6, 6.07) is 5.37. The van der Waals surface area contributed by atoms with E-state index in [9.17, 15) is 14.4 Å². The van der Waals surface area contributed by atoms with Crippen LogP contribution in [-0.4, -0.2) is 54.1 Å². The third-order valence-corrected chi connectivity index (χ3v) is 6.54. The van der Waals surface area contributed by atoms with Gasteiger partial charge in [0.1, 0.15) is 0 Å². The highest BCUT2D eigenvalue weighted by molar-refractivity contribution is 6.05. The quantitative estimate of drug-likeness (QED) is 0.602. The van der Waals surface area contributed by atoms with Crippen molar-refractivity contribution < 1.29 is 23.9 Å². The van der Waals surface area contributed by atoms with Crippen molar-refractivity contribution >= 4 is 23.4 Å². The maximum absolute atomic E-state index is 12.7. The molecule has 1 N–H and O–H groups in total. The Morgan fingerprint density at radius 2 is 1.67 bits per heavy atom. The maximum Gasteiger partial charge on any atom is 0.234 e. The van der Waals surface area contributed by atoms with Crippen LogP contribution in [0.2, 0.25) is 0 Å². The van der Waals surface area contributed by atoms with E-state index in [0.29, 0.717) is 62.6 Å². The Labute approximate surface area is 174 Å². The number of hydrogen-bond acceptors (Lipinski definition) is 6. The summed E-state index contributed by atoms with van der Waals surface area (Å²) in [6.45, 7) is 1.90. The van der Waals surface area contributed by atoms with Gasteiger partial charge in [-0.2, -0.15) is 0 Å². The molecule has 0 spiro atoms. The number of nitrogens with zero attached hydrogens (tertiary/aromatic N) is 2. The van der Waals surface area contributed by atoms with Crippen molar-refractivity contribution in [3.63, 3.8) is 0 Å². The zero-order valence-corrected chi connectivity index (χ0v) is 16.7. The molecule has 1 aromatic rings. The Bertz CT molecular complexity index is 880. The molecule has 3 aliphatic heterocycles. The Kier molecular flexibility index (Phi) is 4.94. The number of hydrogen-bond donors (Lipinski definition) is 1. The molecule has 0 radical (unpaired) electrons. The Hall–Kier alpha value is -2.87. The van der Waals surface area contributed by atoms with Crippen LogP contribution in [0.4, 0.5) is 5.69 Å². The summed E-state index contributed by atoms with van der Waals surface area (Å²) in [6.07, 6.45) is 6.71. The minimum Gasteiger partial charge on any atom is -0.454 e. The first-order valence-electron chi connectivity index (χ1n) is 10.5. The third kappa shape index (κ3) is 3.45. The molecule has 1 aromatic carbocycles. The highest BCUT2D eigenvalue weighted by Crippen LogP contribution is 2.36. The number of ether oxygens (including phenoxy) is 2. The predicted octanol–water partition coefficient (Wildman–Crippen LogP) is 1.97. The van der Waals surface area contributed by atoms with Gasteiger partial charge in [-0.25, -0.2) is 0 Å². The monoisotopic (exact) mass is 411 g/mol. The number of likely N-dealkylation sites (tertiary alicyclic amines) is 2. The first-order valence-corrected chi connectivity index (χ1v) is 10.5. The van der Waals surface area contributed by atoms with E-state index in [1.165, 1.54) is 4.90 Å². The lowest BCUT2D eigenvalue weighted by atomic mass is 9.85. The molecule has 158 valence electrons. The van der Waals surface area contributed by atoms with Gasteiger partial charge < -0.3 is 14.8 Å². The van der Waals surface area contributed by atoms with Gasteiger partial charge in [-0.15, -0.1) is 0 Å². The number of imide groups is 1. The number of rotatable bonds is 4. The largest absolute Gasteiger partial charge is 0.454 e. The smallest absolute Gasteiger partial charge is 0.234 e. The van der Waals surface area contributed by atoms with E-state index in [-0.39, 0.29) is 42.3 Å². The number of allylic oxidation sites excluding steroid dienone is 2. The van der Waals surface area contributed by atoms with Crippen molar-refractivity contribution in [1.29, 1.82) is 0 Å². The lowest BCUT2D eigenvalue weighted by Crippen LogP contribution is -2.46. The minimum absolute atomic E-state index is 0.0149. The summed E-state index contributed by atoms with van der Waals surface area (Å²) in [5.41, 5.74) is 0.691. The van der Waals surface area contributed by atoms with Crippen molar-refractivity contribution in [3.8, 4) is 11.5 Å². The van der Waals surface area contributed by atoms with Crippen LogP contribution in [0, 0.1) is 17.8 Å². The zero-order chi connectivity index (χ0) is 20.7. The molecule has 0 saturated carbocycles. The highest BCUT2D eigenvalue weighted by Gasteiger charge is 2.47. The maximum atomic E-state index is 12.7. The predicted molar refractivity (Wildman–Crippen MR) is 108 cm³/mol. The molecule has 2 fully saturated rings. The molecule has 2 saturated heterocycles. The standard InChI is InChI=1S/C22H25N3O5/c26-20(23-15-5-6-18-19(11-15)30-13-29-18)14-7-9-24(10-8-14)12-25-21(27)16-3-1-2-4-17(16)22(25)28/h1-2,5-6,11,14,16-17H,3-4,7-10,12-13H2,(H,23,26). The van der Waals surface area contributed by atoms with Gasteiger partial charge in [0.05, 0.1) is 18.5 Å². The normalized spacial score (nSPS) is 26.2. The van der Waals surface area contributed by atoms with E-state index in [1.807, 2.05) is 12.2 Å². The van der Waals surface area contributed by atoms with Gasteiger partial charge in [-0.1, -0.05) is 12.2 Å². The number of amides is 3. The average Bonchev–Trinajstić information content (AvgIpc) is 3.33. The van der Waals surface area contributed by atoms with Crippen LogP contribution in [0.15, 0.2) is 30.4 Å². The van der Waals surface area contributed by atoms with E-state index in [2.05, 4.69) is 10.2 Å². The van der Waals surface area contributed by atoms with Gasteiger partial charge in [0.15, 0.2) is 11.5 Å². The topological polar surface area (TPSA) is 88.2 Å². The fourth-order valence-electron chi connectivity index (χ4n) is 4.76. The van der Waals surface area contributed by atoms with Crippen molar-refractivity contribution in [2.45, 2.75) is 25.7 Å². The summed E-state index contributed by atoms with van der Waals surface area (Å²) in [7, 11) is 0. The molecule has 8 heteroatoms. The molecule has 8 nitrogen and oxygen atoms in total. The Morgan fingerprint density at radius 3 is 2.37 bits per heavy atom. The van der Waals surface area contributed by atoms with Crippen LogP contribution in [0.25, 0.3) is 0 Å². The van der Waals surface area contributed by atoms with Gasteiger partial charge in [-0.05, 0) is 37.8 Å². The number of carbonyl (C=O) groups excluding carboxylic acids is 3.